The molecular weight excluding hydrogens is 252 g/mol. The second-order valence-electron chi connectivity index (χ2n) is 5.81. The average molecular weight is 272 g/mol. The Hall–Kier alpha value is -1.84. The number of nitrogens with zero attached hydrogens (tertiary/aromatic N) is 1. The van der Waals surface area contributed by atoms with Gasteiger partial charge in [-0.2, -0.15) is 0 Å². The lowest BCUT2D eigenvalue weighted by molar-refractivity contribution is -0.139. The maximum Gasteiger partial charge on any atom is 0.234 e. The molecule has 0 bridgehead atoms. The van der Waals surface area contributed by atoms with Gasteiger partial charge in [0.1, 0.15) is 0 Å². The van der Waals surface area contributed by atoms with Gasteiger partial charge in [0.25, 0.3) is 0 Å². The van der Waals surface area contributed by atoms with Gasteiger partial charge in [-0.3, -0.25) is 14.5 Å². The van der Waals surface area contributed by atoms with E-state index in [0.29, 0.717) is 0 Å². The van der Waals surface area contributed by atoms with Crippen LogP contribution >= 0.6 is 0 Å². The SMILES string of the molecule is Cc1cccc(NCN2C(=O)[C@@H]3CCCC[C@H]3C2=O)c1. The van der Waals surface area contributed by atoms with Crippen LogP contribution in [0, 0.1) is 18.8 Å². The average Bonchev–Trinajstić information content (AvgIpc) is 2.70. The van der Waals surface area contributed by atoms with E-state index in [4.69, 9.17) is 0 Å². The van der Waals surface area contributed by atoms with Crippen molar-refractivity contribution in [2.45, 2.75) is 32.6 Å². The molecule has 3 rings (SSSR count). The second-order valence-corrected chi connectivity index (χ2v) is 5.81. The van der Waals surface area contributed by atoms with Crippen molar-refractivity contribution in [3.8, 4) is 0 Å². The fraction of sp³-hybridized carbons (Fsp3) is 0.500. The Morgan fingerprint density at radius 1 is 1.15 bits per heavy atom. The number of carbonyl (C=O) groups excluding carboxylic acids is 2. The number of hydrogen-bond donors (Lipinski definition) is 1. The minimum absolute atomic E-state index is 0.0138. The number of nitrogens with one attached hydrogen (secondary N) is 1. The lowest BCUT2D eigenvalue weighted by atomic mass is 9.81. The molecule has 2 fully saturated rings. The molecule has 1 saturated heterocycles. The first kappa shape index (κ1) is 13.2. The fourth-order valence-corrected chi connectivity index (χ4v) is 3.31. The highest BCUT2D eigenvalue weighted by Gasteiger charge is 2.47. The van der Waals surface area contributed by atoms with E-state index in [0.717, 1.165) is 36.9 Å². The smallest absolute Gasteiger partial charge is 0.234 e. The highest BCUT2D eigenvalue weighted by molar-refractivity contribution is 6.05. The van der Waals surface area contributed by atoms with Gasteiger partial charge in [-0.05, 0) is 37.5 Å². The molecule has 4 heteroatoms. The summed E-state index contributed by atoms with van der Waals surface area (Å²) in [6.45, 7) is 2.31. The minimum Gasteiger partial charge on any atom is -0.367 e. The molecule has 0 spiro atoms. The Balaban J connectivity index is 1.68. The van der Waals surface area contributed by atoms with Gasteiger partial charge >= 0.3 is 0 Å². The molecule has 1 heterocycles. The Labute approximate surface area is 119 Å². The number of anilines is 1. The standard InChI is InChI=1S/C16H20N2O2/c1-11-5-4-6-12(9-11)17-10-18-15(19)13-7-2-3-8-14(13)16(18)20/h4-6,9,13-14,17H,2-3,7-8,10H2,1H3/t13-,14-/m1/s1. The van der Waals surface area contributed by atoms with E-state index in [-0.39, 0.29) is 30.3 Å². The van der Waals surface area contributed by atoms with Crippen LogP contribution in [-0.2, 0) is 9.59 Å². The van der Waals surface area contributed by atoms with Gasteiger partial charge in [-0.25, -0.2) is 0 Å². The molecule has 2 atom stereocenters. The predicted octanol–water partition coefficient (Wildman–Crippen LogP) is 2.54. The van der Waals surface area contributed by atoms with Gasteiger partial charge in [0.05, 0.1) is 18.5 Å². The van der Waals surface area contributed by atoms with Crippen LogP contribution in [0.3, 0.4) is 0 Å². The molecule has 1 aromatic carbocycles. The monoisotopic (exact) mass is 272 g/mol. The summed E-state index contributed by atoms with van der Waals surface area (Å²) in [6.07, 6.45) is 3.88. The number of hydrogen-bond acceptors (Lipinski definition) is 3. The van der Waals surface area contributed by atoms with Gasteiger partial charge in [0.15, 0.2) is 0 Å². The fourth-order valence-electron chi connectivity index (χ4n) is 3.31. The summed E-state index contributed by atoms with van der Waals surface area (Å²) < 4.78 is 0. The van der Waals surface area contributed by atoms with Crippen molar-refractivity contribution < 1.29 is 9.59 Å². The lowest BCUT2D eigenvalue weighted by Crippen LogP contribution is -2.35. The topological polar surface area (TPSA) is 49.4 Å². The summed E-state index contributed by atoms with van der Waals surface area (Å²) in [6, 6.07) is 7.94. The number of amides is 2. The number of aryl methyl sites for hydroxylation is 1. The van der Waals surface area contributed by atoms with E-state index in [1.54, 1.807) is 0 Å². The van der Waals surface area contributed by atoms with Gasteiger partial charge < -0.3 is 5.32 Å². The molecule has 1 aliphatic carbocycles. The molecule has 4 nitrogen and oxygen atoms in total. The zero-order valence-corrected chi connectivity index (χ0v) is 11.8. The molecule has 1 N–H and O–H groups in total. The van der Waals surface area contributed by atoms with Crippen LogP contribution in [0.2, 0.25) is 0 Å². The highest BCUT2D eigenvalue weighted by atomic mass is 16.2. The Morgan fingerprint density at radius 2 is 1.80 bits per heavy atom. The van der Waals surface area contributed by atoms with E-state index >= 15 is 0 Å². The number of fused-ring (bicyclic) bond motifs is 1. The molecule has 20 heavy (non-hydrogen) atoms. The zero-order valence-electron chi connectivity index (χ0n) is 11.8. The zero-order chi connectivity index (χ0) is 14.1. The number of carbonyl (C=O) groups is 2. The third-order valence-electron chi connectivity index (χ3n) is 4.39. The van der Waals surface area contributed by atoms with Crippen LogP contribution in [0.15, 0.2) is 24.3 Å². The molecule has 1 aliphatic heterocycles. The lowest BCUT2D eigenvalue weighted by Gasteiger charge is -2.19. The molecule has 1 saturated carbocycles. The first-order valence-electron chi connectivity index (χ1n) is 7.32. The predicted molar refractivity (Wildman–Crippen MR) is 77.0 cm³/mol. The van der Waals surface area contributed by atoms with Crippen molar-refractivity contribution in [2.24, 2.45) is 11.8 Å². The van der Waals surface area contributed by atoms with Gasteiger partial charge in [-0.1, -0.05) is 25.0 Å². The summed E-state index contributed by atoms with van der Waals surface area (Å²) in [5.41, 5.74) is 2.10. The molecule has 106 valence electrons. The minimum atomic E-state index is -0.0597. The van der Waals surface area contributed by atoms with Gasteiger partial charge in [0, 0.05) is 5.69 Å². The van der Waals surface area contributed by atoms with Crippen molar-refractivity contribution in [1.82, 2.24) is 4.90 Å². The summed E-state index contributed by atoms with van der Waals surface area (Å²) in [5, 5.41) is 3.18. The van der Waals surface area contributed by atoms with E-state index in [1.165, 1.54) is 4.90 Å². The van der Waals surface area contributed by atoms with E-state index < -0.39 is 0 Å². The molecule has 2 amide bonds. The first-order chi connectivity index (χ1) is 9.66. The van der Waals surface area contributed by atoms with E-state index in [9.17, 15) is 9.59 Å². The Morgan fingerprint density at radius 3 is 2.40 bits per heavy atom. The number of benzene rings is 1. The summed E-state index contributed by atoms with van der Waals surface area (Å²) >= 11 is 0. The van der Waals surface area contributed by atoms with Crippen LogP contribution in [0.25, 0.3) is 0 Å². The quantitative estimate of drug-likeness (QED) is 0.860. The van der Waals surface area contributed by atoms with Gasteiger partial charge in [0.2, 0.25) is 11.8 Å². The van der Waals surface area contributed by atoms with Crippen molar-refractivity contribution in [2.75, 3.05) is 12.0 Å². The maximum absolute atomic E-state index is 12.3. The Bertz CT molecular complexity index is 517. The molecule has 2 aliphatic rings. The third kappa shape index (κ3) is 2.30. The highest BCUT2D eigenvalue weighted by Crippen LogP contribution is 2.37. The Kier molecular flexibility index (Phi) is 3.47. The van der Waals surface area contributed by atoms with Crippen molar-refractivity contribution in [3.63, 3.8) is 0 Å². The largest absolute Gasteiger partial charge is 0.367 e. The van der Waals surface area contributed by atoms with Crippen molar-refractivity contribution in [3.05, 3.63) is 29.8 Å². The molecule has 0 aromatic heterocycles. The summed E-state index contributed by atoms with van der Waals surface area (Å²) in [7, 11) is 0. The first-order valence-corrected chi connectivity index (χ1v) is 7.32. The number of likely N-dealkylation sites (tertiary alicyclic amines) is 1. The second kappa shape index (κ2) is 5.27. The van der Waals surface area contributed by atoms with Crippen LogP contribution in [0.1, 0.15) is 31.2 Å². The normalized spacial score (nSPS) is 25.8. The van der Waals surface area contributed by atoms with Gasteiger partial charge in [-0.15, -0.1) is 0 Å². The molecular formula is C16H20N2O2. The molecule has 0 radical (unpaired) electrons. The van der Waals surface area contributed by atoms with Crippen LogP contribution in [0.4, 0.5) is 5.69 Å². The van der Waals surface area contributed by atoms with Crippen LogP contribution in [0.5, 0.6) is 0 Å². The summed E-state index contributed by atoms with van der Waals surface area (Å²) in [5.74, 6) is -0.0918. The van der Waals surface area contributed by atoms with E-state index in [2.05, 4.69) is 5.32 Å². The summed E-state index contributed by atoms with van der Waals surface area (Å²) in [4.78, 5) is 26.0. The van der Waals surface area contributed by atoms with Crippen molar-refractivity contribution >= 4 is 17.5 Å². The molecule has 0 unspecified atom stereocenters. The number of rotatable bonds is 3. The van der Waals surface area contributed by atoms with Crippen molar-refractivity contribution in [1.29, 1.82) is 0 Å². The third-order valence-corrected chi connectivity index (χ3v) is 4.39. The van der Waals surface area contributed by atoms with Crippen LogP contribution in [-0.4, -0.2) is 23.4 Å². The molecule has 1 aromatic rings. The van der Waals surface area contributed by atoms with E-state index in [1.807, 2.05) is 31.2 Å². The maximum atomic E-state index is 12.3. The van der Waals surface area contributed by atoms with Crippen LogP contribution < -0.4 is 5.32 Å². The number of imide groups is 1.